The first-order valence-corrected chi connectivity index (χ1v) is 6.03. The average Bonchev–Trinajstić information content (AvgIpc) is 2.61. The van der Waals surface area contributed by atoms with E-state index in [9.17, 15) is 5.11 Å². The SMILES string of the molecule is CCCCN=Cc1c(O)[nH]c2ccc(C)cc12. The van der Waals surface area contributed by atoms with Crippen LogP contribution in [0.2, 0.25) is 0 Å². The minimum absolute atomic E-state index is 0.200. The quantitative estimate of drug-likeness (QED) is 0.613. The summed E-state index contributed by atoms with van der Waals surface area (Å²) in [6, 6.07) is 6.07. The third kappa shape index (κ3) is 2.49. The molecule has 0 spiro atoms. The largest absolute Gasteiger partial charge is 0.494 e. The lowest BCUT2D eigenvalue weighted by Crippen LogP contribution is -1.84. The van der Waals surface area contributed by atoms with Crippen molar-refractivity contribution in [2.24, 2.45) is 4.99 Å². The summed E-state index contributed by atoms with van der Waals surface area (Å²) in [6.45, 7) is 5.00. The number of unbranched alkanes of at least 4 members (excludes halogenated alkanes) is 1. The van der Waals surface area contributed by atoms with Gasteiger partial charge in [0, 0.05) is 23.7 Å². The fraction of sp³-hybridized carbons (Fsp3) is 0.357. The molecule has 1 aromatic heterocycles. The van der Waals surface area contributed by atoms with Crippen molar-refractivity contribution in [1.29, 1.82) is 0 Å². The molecule has 1 heterocycles. The van der Waals surface area contributed by atoms with Crippen LogP contribution < -0.4 is 0 Å². The summed E-state index contributed by atoms with van der Waals surface area (Å²) in [4.78, 5) is 7.30. The summed E-state index contributed by atoms with van der Waals surface area (Å²) in [5, 5.41) is 10.9. The number of aryl methyl sites for hydroxylation is 1. The molecular formula is C14H18N2O. The Morgan fingerprint density at radius 3 is 3.00 bits per heavy atom. The van der Waals surface area contributed by atoms with Crippen LogP contribution in [0.5, 0.6) is 5.88 Å². The van der Waals surface area contributed by atoms with E-state index in [0.717, 1.165) is 35.9 Å². The van der Waals surface area contributed by atoms with Gasteiger partial charge in [-0.1, -0.05) is 25.0 Å². The first-order chi connectivity index (χ1) is 8.22. The molecule has 90 valence electrons. The molecule has 0 bridgehead atoms. The molecular weight excluding hydrogens is 212 g/mol. The smallest absolute Gasteiger partial charge is 0.198 e. The average molecular weight is 230 g/mol. The number of aliphatic imine (C=N–C) groups is 1. The zero-order chi connectivity index (χ0) is 12.3. The van der Waals surface area contributed by atoms with Gasteiger partial charge in [0.15, 0.2) is 5.88 Å². The Morgan fingerprint density at radius 1 is 1.41 bits per heavy atom. The van der Waals surface area contributed by atoms with Crippen molar-refractivity contribution in [2.45, 2.75) is 26.7 Å². The number of nitrogens with one attached hydrogen (secondary N) is 1. The number of fused-ring (bicyclic) bond motifs is 1. The van der Waals surface area contributed by atoms with Crippen molar-refractivity contribution in [1.82, 2.24) is 4.98 Å². The highest BCUT2D eigenvalue weighted by Gasteiger charge is 2.08. The Hall–Kier alpha value is -1.77. The third-order valence-corrected chi connectivity index (χ3v) is 2.83. The zero-order valence-electron chi connectivity index (χ0n) is 10.3. The number of aromatic nitrogens is 1. The highest BCUT2D eigenvalue weighted by Crippen LogP contribution is 2.26. The fourth-order valence-corrected chi connectivity index (χ4v) is 1.85. The van der Waals surface area contributed by atoms with E-state index < -0.39 is 0 Å². The van der Waals surface area contributed by atoms with Crippen LogP contribution in [-0.4, -0.2) is 22.8 Å². The van der Waals surface area contributed by atoms with E-state index in [-0.39, 0.29) is 5.88 Å². The Labute approximate surface area is 101 Å². The number of rotatable bonds is 4. The maximum Gasteiger partial charge on any atom is 0.198 e. The summed E-state index contributed by atoms with van der Waals surface area (Å²) in [7, 11) is 0. The number of benzene rings is 1. The van der Waals surface area contributed by atoms with Gasteiger partial charge >= 0.3 is 0 Å². The molecule has 17 heavy (non-hydrogen) atoms. The molecule has 0 amide bonds. The summed E-state index contributed by atoms with van der Waals surface area (Å²) in [5.74, 6) is 0.200. The molecule has 0 unspecified atom stereocenters. The van der Waals surface area contributed by atoms with E-state index in [0.29, 0.717) is 0 Å². The van der Waals surface area contributed by atoms with Crippen molar-refractivity contribution >= 4 is 17.1 Å². The molecule has 0 aliphatic heterocycles. The van der Waals surface area contributed by atoms with Gasteiger partial charge in [-0.15, -0.1) is 0 Å². The summed E-state index contributed by atoms with van der Waals surface area (Å²) >= 11 is 0. The lowest BCUT2D eigenvalue weighted by molar-refractivity contribution is 0.457. The fourth-order valence-electron chi connectivity index (χ4n) is 1.85. The maximum atomic E-state index is 9.84. The first kappa shape index (κ1) is 11.7. The van der Waals surface area contributed by atoms with Crippen LogP contribution in [0.25, 0.3) is 10.9 Å². The predicted octanol–water partition coefficient (Wildman–Crippen LogP) is 3.40. The lowest BCUT2D eigenvalue weighted by atomic mass is 10.1. The number of H-pyrrole nitrogens is 1. The van der Waals surface area contributed by atoms with Crippen LogP contribution in [0.15, 0.2) is 23.2 Å². The number of aromatic hydroxyl groups is 1. The van der Waals surface area contributed by atoms with E-state index in [4.69, 9.17) is 0 Å². The second kappa shape index (κ2) is 5.04. The van der Waals surface area contributed by atoms with E-state index in [1.54, 1.807) is 6.21 Å². The van der Waals surface area contributed by atoms with Crippen molar-refractivity contribution in [2.75, 3.05) is 6.54 Å². The number of hydrogen-bond donors (Lipinski definition) is 2. The summed E-state index contributed by atoms with van der Waals surface area (Å²) < 4.78 is 0. The van der Waals surface area contributed by atoms with Crippen LogP contribution in [0.1, 0.15) is 30.9 Å². The molecule has 0 atom stereocenters. The molecule has 3 nitrogen and oxygen atoms in total. The van der Waals surface area contributed by atoms with E-state index >= 15 is 0 Å². The molecule has 0 aliphatic carbocycles. The number of hydrogen-bond acceptors (Lipinski definition) is 2. The Kier molecular flexibility index (Phi) is 3.47. The molecule has 3 heteroatoms. The molecule has 2 aromatic rings. The van der Waals surface area contributed by atoms with Gasteiger partial charge in [0.2, 0.25) is 0 Å². The highest BCUT2D eigenvalue weighted by molar-refractivity contribution is 6.02. The van der Waals surface area contributed by atoms with Gasteiger partial charge in [0.25, 0.3) is 0 Å². The van der Waals surface area contributed by atoms with Crippen molar-refractivity contribution < 1.29 is 5.11 Å². The topological polar surface area (TPSA) is 48.4 Å². The first-order valence-electron chi connectivity index (χ1n) is 6.03. The zero-order valence-corrected chi connectivity index (χ0v) is 10.3. The number of aromatic amines is 1. The standard InChI is InChI=1S/C14H18N2O/c1-3-4-7-15-9-12-11-8-10(2)5-6-13(11)16-14(12)17/h5-6,8-9,16-17H,3-4,7H2,1-2H3. The van der Waals surface area contributed by atoms with Crippen LogP contribution in [0.3, 0.4) is 0 Å². The Bertz CT molecular complexity index is 540. The number of nitrogens with zero attached hydrogens (tertiary/aromatic N) is 1. The molecule has 1 aromatic carbocycles. The van der Waals surface area contributed by atoms with Crippen LogP contribution >= 0.6 is 0 Å². The highest BCUT2D eigenvalue weighted by atomic mass is 16.3. The van der Waals surface area contributed by atoms with Gasteiger partial charge in [-0.2, -0.15) is 0 Å². The van der Waals surface area contributed by atoms with Gasteiger partial charge in [-0.25, -0.2) is 0 Å². The second-order valence-electron chi connectivity index (χ2n) is 4.33. The molecule has 0 radical (unpaired) electrons. The van der Waals surface area contributed by atoms with Crippen molar-refractivity contribution in [3.63, 3.8) is 0 Å². The minimum atomic E-state index is 0.200. The lowest BCUT2D eigenvalue weighted by Gasteiger charge is -1.95. The maximum absolute atomic E-state index is 9.84. The van der Waals surface area contributed by atoms with Crippen molar-refractivity contribution in [3.8, 4) is 5.88 Å². The summed E-state index contributed by atoms with van der Waals surface area (Å²) in [5.41, 5.74) is 2.92. The van der Waals surface area contributed by atoms with E-state index in [1.165, 1.54) is 5.56 Å². The molecule has 2 N–H and O–H groups in total. The predicted molar refractivity (Wildman–Crippen MR) is 72.1 cm³/mol. The second-order valence-corrected chi connectivity index (χ2v) is 4.33. The summed E-state index contributed by atoms with van der Waals surface area (Å²) in [6.07, 6.45) is 3.98. The monoisotopic (exact) mass is 230 g/mol. The normalized spacial score (nSPS) is 11.6. The van der Waals surface area contributed by atoms with Crippen molar-refractivity contribution in [3.05, 3.63) is 29.3 Å². The van der Waals surface area contributed by atoms with Gasteiger partial charge in [0.1, 0.15) is 0 Å². The van der Waals surface area contributed by atoms with E-state index in [1.807, 2.05) is 19.1 Å². The van der Waals surface area contributed by atoms with Crippen LogP contribution in [-0.2, 0) is 0 Å². The van der Waals surface area contributed by atoms with E-state index in [2.05, 4.69) is 23.0 Å². The molecule has 0 saturated heterocycles. The van der Waals surface area contributed by atoms with Gasteiger partial charge in [0.05, 0.1) is 5.56 Å². The Balaban J connectivity index is 2.35. The van der Waals surface area contributed by atoms with Gasteiger partial charge < -0.3 is 10.1 Å². The minimum Gasteiger partial charge on any atom is -0.494 e. The molecule has 0 aliphatic rings. The van der Waals surface area contributed by atoms with Crippen LogP contribution in [0, 0.1) is 6.92 Å². The van der Waals surface area contributed by atoms with Gasteiger partial charge in [-0.3, -0.25) is 4.99 Å². The molecule has 2 rings (SSSR count). The van der Waals surface area contributed by atoms with Crippen LogP contribution in [0.4, 0.5) is 0 Å². The molecule has 0 fully saturated rings. The third-order valence-electron chi connectivity index (χ3n) is 2.83. The Morgan fingerprint density at radius 2 is 2.24 bits per heavy atom. The molecule has 0 saturated carbocycles. The van der Waals surface area contributed by atoms with Gasteiger partial charge in [-0.05, 0) is 25.5 Å².